The predicted molar refractivity (Wildman–Crippen MR) is 82.5 cm³/mol. The average Bonchev–Trinajstić information content (AvgIpc) is 2.49. The molecule has 2 N–H and O–H groups in total. The van der Waals surface area contributed by atoms with Crippen molar-refractivity contribution in [2.24, 2.45) is 0 Å². The Bertz CT molecular complexity index is 591. The molecule has 1 aromatic carbocycles. The van der Waals surface area contributed by atoms with E-state index in [1.165, 1.54) is 17.7 Å². The van der Waals surface area contributed by atoms with Gasteiger partial charge in [0.1, 0.15) is 11.6 Å². The van der Waals surface area contributed by atoms with E-state index in [0.29, 0.717) is 5.82 Å². The maximum absolute atomic E-state index is 12.9. The minimum absolute atomic E-state index is 0.187. The first-order valence-corrected chi connectivity index (χ1v) is 7.14. The molecule has 0 unspecified atom stereocenters. The van der Waals surface area contributed by atoms with Crippen molar-refractivity contribution in [3.8, 4) is 0 Å². The van der Waals surface area contributed by atoms with Gasteiger partial charge in [0, 0.05) is 44.6 Å². The van der Waals surface area contributed by atoms with Gasteiger partial charge in [0.05, 0.1) is 0 Å². The number of halogens is 1. The molecule has 2 heterocycles. The Hall–Kier alpha value is -2.14. The number of hydrogen-bond acceptors (Lipinski definition) is 4. The van der Waals surface area contributed by atoms with E-state index < -0.39 is 0 Å². The lowest BCUT2D eigenvalue weighted by Crippen LogP contribution is -2.45. The number of pyridine rings is 1. The summed E-state index contributed by atoms with van der Waals surface area (Å²) < 4.78 is 12.9. The lowest BCUT2D eigenvalue weighted by molar-refractivity contribution is 0.250. The van der Waals surface area contributed by atoms with Crippen LogP contribution in [-0.2, 0) is 6.54 Å². The third-order valence-electron chi connectivity index (χ3n) is 3.82. The number of nitrogen functional groups attached to an aromatic ring is 1. The Morgan fingerprint density at radius 3 is 2.43 bits per heavy atom. The number of rotatable bonds is 3. The smallest absolute Gasteiger partial charge is 0.123 e. The van der Waals surface area contributed by atoms with Gasteiger partial charge in [-0.3, -0.25) is 4.90 Å². The Labute approximate surface area is 124 Å². The molecule has 0 amide bonds. The molecule has 1 fully saturated rings. The molecule has 2 aromatic rings. The highest BCUT2D eigenvalue weighted by molar-refractivity contribution is 5.46. The second-order valence-electron chi connectivity index (χ2n) is 5.33. The summed E-state index contributed by atoms with van der Waals surface area (Å²) in [5.41, 5.74) is 7.99. The van der Waals surface area contributed by atoms with Crippen LogP contribution in [0.5, 0.6) is 0 Å². The van der Waals surface area contributed by atoms with Gasteiger partial charge in [-0.05, 0) is 42.0 Å². The maximum atomic E-state index is 12.9. The zero-order chi connectivity index (χ0) is 14.7. The number of nitrogens with zero attached hydrogens (tertiary/aromatic N) is 3. The van der Waals surface area contributed by atoms with Crippen LogP contribution in [0, 0.1) is 5.82 Å². The number of anilines is 2. The van der Waals surface area contributed by atoms with Crippen molar-refractivity contribution >= 4 is 11.5 Å². The Morgan fingerprint density at radius 1 is 1.05 bits per heavy atom. The van der Waals surface area contributed by atoms with Crippen LogP contribution in [0.15, 0.2) is 42.6 Å². The molecule has 1 saturated heterocycles. The van der Waals surface area contributed by atoms with Crippen molar-refractivity contribution in [2.45, 2.75) is 6.54 Å². The fourth-order valence-corrected chi connectivity index (χ4v) is 2.67. The van der Waals surface area contributed by atoms with Gasteiger partial charge in [-0.15, -0.1) is 0 Å². The van der Waals surface area contributed by atoms with Gasteiger partial charge < -0.3 is 10.6 Å². The Morgan fingerprint density at radius 2 is 1.76 bits per heavy atom. The highest BCUT2D eigenvalue weighted by Gasteiger charge is 2.17. The van der Waals surface area contributed by atoms with E-state index in [1.54, 1.807) is 6.20 Å². The minimum atomic E-state index is -0.187. The molecular weight excluding hydrogens is 267 g/mol. The summed E-state index contributed by atoms with van der Waals surface area (Å²) in [6, 6.07) is 10.6. The largest absolute Gasteiger partial charge is 0.384 e. The van der Waals surface area contributed by atoms with E-state index in [2.05, 4.69) is 14.8 Å². The first-order valence-electron chi connectivity index (χ1n) is 7.14. The zero-order valence-corrected chi connectivity index (χ0v) is 11.9. The number of hydrogen-bond donors (Lipinski definition) is 1. The number of benzene rings is 1. The standard InChI is InChI=1S/C16H19FN4/c17-14-1-3-15(4-2-14)21-9-7-20(8-10-21)12-13-5-6-19-16(18)11-13/h1-6,11H,7-10,12H2,(H2,18,19). The van der Waals surface area contributed by atoms with Crippen molar-refractivity contribution in [3.63, 3.8) is 0 Å². The summed E-state index contributed by atoms with van der Waals surface area (Å²) >= 11 is 0. The van der Waals surface area contributed by atoms with Gasteiger partial charge in [0.15, 0.2) is 0 Å². The molecule has 3 rings (SSSR count). The average molecular weight is 286 g/mol. The summed E-state index contributed by atoms with van der Waals surface area (Å²) in [6.45, 7) is 4.77. The summed E-state index contributed by atoms with van der Waals surface area (Å²) in [4.78, 5) is 8.70. The lowest BCUT2D eigenvalue weighted by atomic mass is 10.2. The molecule has 0 aliphatic carbocycles. The molecular formula is C16H19FN4. The summed E-state index contributed by atoms with van der Waals surface area (Å²) in [5.74, 6) is 0.380. The summed E-state index contributed by atoms with van der Waals surface area (Å²) in [5, 5.41) is 0. The normalized spacial score (nSPS) is 16.1. The van der Waals surface area contributed by atoms with Crippen molar-refractivity contribution in [3.05, 3.63) is 54.0 Å². The molecule has 4 nitrogen and oxygen atoms in total. The Balaban J connectivity index is 1.56. The monoisotopic (exact) mass is 286 g/mol. The predicted octanol–water partition coefficient (Wildman–Crippen LogP) is 2.13. The van der Waals surface area contributed by atoms with E-state index in [-0.39, 0.29) is 5.82 Å². The SMILES string of the molecule is Nc1cc(CN2CCN(c3ccc(F)cc3)CC2)ccn1. The highest BCUT2D eigenvalue weighted by atomic mass is 19.1. The molecule has 0 bridgehead atoms. The van der Waals surface area contributed by atoms with Crippen LogP contribution in [0.25, 0.3) is 0 Å². The number of piperazine rings is 1. The molecule has 5 heteroatoms. The van der Waals surface area contributed by atoms with Gasteiger partial charge in [-0.1, -0.05) is 0 Å². The maximum Gasteiger partial charge on any atom is 0.123 e. The van der Waals surface area contributed by atoms with Crippen LogP contribution >= 0.6 is 0 Å². The van der Waals surface area contributed by atoms with E-state index in [1.807, 2.05) is 24.3 Å². The van der Waals surface area contributed by atoms with Crippen LogP contribution in [0.2, 0.25) is 0 Å². The number of nitrogens with two attached hydrogens (primary N) is 1. The van der Waals surface area contributed by atoms with Gasteiger partial charge in [-0.2, -0.15) is 0 Å². The van der Waals surface area contributed by atoms with Crippen molar-refractivity contribution in [1.29, 1.82) is 0 Å². The van der Waals surface area contributed by atoms with E-state index >= 15 is 0 Å². The van der Waals surface area contributed by atoms with Crippen molar-refractivity contribution < 1.29 is 4.39 Å². The quantitative estimate of drug-likeness (QED) is 0.939. The molecule has 21 heavy (non-hydrogen) atoms. The van der Waals surface area contributed by atoms with E-state index in [4.69, 9.17) is 5.73 Å². The molecule has 1 aliphatic rings. The molecule has 1 aromatic heterocycles. The van der Waals surface area contributed by atoms with Gasteiger partial charge in [0.25, 0.3) is 0 Å². The van der Waals surface area contributed by atoms with Gasteiger partial charge >= 0.3 is 0 Å². The second kappa shape index (κ2) is 6.10. The molecule has 110 valence electrons. The number of aromatic nitrogens is 1. The van der Waals surface area contributed by atoms with Gasteiger partial charge in [-0.25, -0.2) is 9.37 Å². The molecule has 0 spiro atoms. The first-order chi connectivity index (χ1) is 10.2. The van der Waals surface area contributed by atoms with E-state index in [0.717, 1.165) is 38.4 Å². The highest BCUT2D eigenvalue weighted by Crippen LogP contribution is 2.18. The second-order valence-corrected chi connectivity index (χ2v) is 5.33. The van der Waals surface area contributed by atoms with Crippen LogP contribution in [0.1, 0.15) is 5.56 Å². The minimum Gasteiger partial charge on any atom is -0.384 e. The Kier molecular flexibility index (Phi) is 4.01. The fourth-order valence-electron chi connectivity index (χ4n) is 2.67. The fraction of sp³-hybridized carbons (Fsp3) is 0.312. The molecule has 0 atom stereocenters. The summed E-state index contributed by atoms with van der Waals surface area (Å²) in [7, 11) is 0. The topological polar surface area (TPSA) is 45.4 Å². The van der Waals surface area contributed by atoms with E-state index in [9.17, 15) is 4.39 Å². The van der Waals surface area contributed by atoms with Gasteiger partial charge in [0.2, 0.25) is 0 Å². The molecule has 1 aliphatic heterocycles. The first kappa shape index (κ1) is 13.8. The molecule has 0 saturated carbocycles. The van der Waals surface area contributed by atoms with Crippen LogP contribution in [-0.4, -0.2) is 36.1 Å². The van der Waals surface area contributed by atoms with Crippen molar-refractivity contribution in [1.82, 2.24) is 9.88 Å². The van der Waals surface area contributed by atoms with Crippen molar-refractivity contribution in [2.75, 3.05) is 36.8 Å². The van der Waals surface area contributed by atoms with Crippen LogP contribution in [0.4, 0.5) is 15.9 Å². The lowest BCUT2D eigenvalue weighted by Gasteiger charge is -2.36. The third kappa shape index (κ3) is 3.49. The van der Waals surface area contributed by atoms with Crippen LogP contribution < -0.4 is 10.6 Å². The molecule has 0 radical (unpaired) electrons. The zero-order valence-electron chi connectivity index (χ0n) is 11.9. The third-order valence-corrected chi connectivity index (χ3v) is 3.82. The van der Waals surface area contributed by atoms with Crippen LogP contribution in [0.3, 0.4) is 0 Å². The summed E-state index contributed by atoms with van der Waals surface area (Å²) in [6.07, 6.45) is 1.75.